The molecule has 0 aliphatic heterocycles. The lowest BCUT2D eigenvalue weighted by Gasteiger charge is -2.22. The largest absolute Gasteiger partial charge is 0.496 e. The first kappa shape index (κ1) is 16.0. The third-order valence-electron chi connectivity index (χ3n) is 5.05. The lowest BCUT2D eigenvalue weighted by atomic mass is 9.83. The first-order valence-corrected chi connectivity index (χ1v) is 8.22. The Hall–Kier alpha value is -1.87. The third kappa shape index (κ3) is 2.98. The van der Waals surface area contributed by atoms with Gasteiger partial charge in [0.25, 0.3) is 0 Å². The van der Waals surface area contributed by atoms with Crippen molar-refractivity contribution in [2.24, 2.45) is 5.92 Å². The number of halogens is 1. The van der Waals surface area contributed by atoms with Crippen LogP contribution in [-0.4, -0.2) is 12.2 Å². The van der Waals surface area contributed by atoms with Gasteiger partial charge in [0, 0.05) is 11.1 Å². The predicted octanol–water partition coefficient (Wildman–Crippen LogP) is 4.90. The van der Waals surface area contributed by atoms with Crippen molar-refractivity contribution in [2.75, 3.05) is 7.11 Å². The molecule has 1 aliphatic carbocycles. The monoisotopic (exact) mass is 314 g/mol. The maximum Gasteiger partial charge on any atom is 0.131 e. The molecule has 0 saturated heterocycles. The first-order chi connectivity index (χ1) is 11.2. The SMILES string of the molecule is COc1cc(-c2ccccc2F)c(C2CCCC2C)cc1CO. The van der Waals surface area contributed by atoms with Crippen LogP contribution in [0.2, 0.25) is 0 Å². The zero-order valence-corrected chi connectivity index (χ0v) is 13.7. The lowest BCUT2D eigenvalue weighted by Crippen LogP contribution is -2.07. The molecular weight excluding hydrogens is 291 g/mol. The summed E-state index contributed by atoms with van der Waals surface area (Å²) in [6.07, 6.45) is 3.50. The van der Waals surface area contributed by atoms with Crippen molar-refractivity contribution in [2.45, 2.75) is 38.7 Å². The second-order valence-corrected chi connectivity index (χ2v) is 6.40. The van der Waals surface area contributed by atoms with Crippen molar-refractivity contribution in [3.05, 3.63) is 53.3 Å². The molecule has 0 radical (unpaired) electrons. The van der Waals surface area contributed by atoms with E-state index in [9.17, 15) is 9.50 Å². The van der Waals surface area contributed by atoms with Gasteiger partial charge in [0.05, 0.1) is 13.7 Å². The van der Waals surface area contributed by atoms with Gasteiger partial charge in [0.2, 0.25) is 0 Å². The number of methoxy groups -OCH3 is 1. The molecule has 3 rings (SSSR count). The highest BCUT2D eigenvalue weighted by Gasteiger charge is 2.28. The number of hydrogen-bond donors (Lipinski definition) is 1. The molecule has 1 N–H and O–H groups in total. The Labute approximate surface area is 136 Å². The van der Waals surface area contributed by atoms with E-state index in [0.29, 0.717) is 23.1 Å². The molecule has 2 unspecified atom stereocenters. The Kier molecular flexibility index (Phi) is 4.67. The molecule has 0 bridgehead atoms. The van der Waals surface area contributed by atoms with Gasteiger partial charge >= 0.3 is 0 Å². The summed E-state index contributed by atoms with van der Waals surface area (Å²) in [4.78, 5) is 0. The topological polar surface area (TPSA) is 29.5 Å². The molecule has 2 aromatic rings. The summed E-state index contributed by atoms with van der Waals surface area (Å²) in [5, 5.41) is 9.64. The number of hydrogen-bond acceptors (Lipinski definition) is 2. The van der Waals surface area contributed by atoms with E-state index in [4.69, 9.17) is 4.74 Å². The van der Waals surface area contributed by atoms with Crippen LogP contribution in [-0.2, 0) is 6.61 Å². The van der Waals surface area contributed by atoms with Gasteiger partial charge in [-0.2, -0.15) is 0 Å². The minimum absolute atomic E-state index is 0.0746. The Morgan fingerprint density at radius 1 is 1.17 bits per heavy atom. The predicted molar refractivity (Wildman–Crippen MR) is 90.1 cm³/mol. The molecule has 1 saturated carbocycles. The lowest BCUT2D eigenvalue weighted by molar-refractivity contribution is 0.273. The fourth-order valence-corrected chi connectivity index (χ4v) is 3.78. The average Bonchev–Trinajstić information content (AvgIpc) is 3.00. The number of rotatable bonds is 4. The van der Waals surface area contributed by atoms with Crippen molar-refractivity contribution >= 4 is 0 Å². The van der Waals surface area contributed by atoms with Crippen molar-refractivity contribution in [3.63, 3.8) is 0 Å². The Morgan fingerprint density at radius 3 is 2.57 bits per heavy atom. The van der Waals surface area contributed by atoms with Crippen molar-refractivity contribution in [1.82, 2.24) is 0 Å². The minimum Gasteiger partial charge on any atom is -0.496 e. The summed E-state index contributed by atoms with van der Waals surface area (Å²) in [6, 6.07) is 10.7. The Bertz CT molecular complexity index is 696. The summed E-state index contributed by atoms with van der Waals surface area (Å²) < 4.78 is 19.8. The molecule has 23 heavy (non-hydrogen) atoms. The van der Waals surface area contributed by atoms with E-state index in [-0.39, 0.29) is 12.4 Å². The highest BCUT2D eigenvalue weighted by Crippen LogP contribution is 2.45. The van der Waals surface area contributed by atoms with Crippen LogP contribution < -0.4 is 4.74 Å². The summed E-state index contributed by atoms with van der Waals surface area (Å²) >= 11 is 0. The maximum absolute atomic E-state index is 14.4. The number of benzene rings is 2. The molecule has 2 nitrogen and oxygen atoms in total. The fourth-order valence-electron chi connectivity index (χ4n) is 3.78. The quantitative estimate of drug-likeness (QED) is 0.870. The van der Waals surface area contributed by atoms with E-state index in [2.05, 4.69) is 6.92 Å². The van der Waals surface area contributed by atoms with E-state index in [1.54, 1.807) is 13.2 Å². The van der Waals surface area contributed by atoms with E-state index >= 15 is 0 Å². The van der Waals surface area contributed by atoms with Crippen LogP contribution in [0.4, 0.5) is 4.39 Å². The summed E-state index contributed by atoms with van der Waals surface area (Å²) in [5.74, 6) is 1.36. The second-order valence-electron chi connectivity index (χ2n) is 6.40. The van der Waals surface area contributed by atoms with Crippen LogP contribution in [0.3, 0.4) is 0 Å². The second kappa shape index (κ2) is 6.71. The van der Waals surface area contributed by atoms with Crippen LogP contribution in [0.5, 0.6) is 5.75 Å². The summed E-state index contributed by atoms with van der Waals surface area (Å²) in [7, 11) is 1.58. The van der Waals surface area contributed by atoms with Gasteiger partial charge in [0.1, 0.15) is 11.6 Å². The van der Waals surface area contributed by atoms with Crippen LogP contribution in [0, 0.1) is 11.7 Å². The maximum atomic E-state index is 14.4. The van der Waals surface area contributed by atoms with E-state index in [1.807, 2.05) is 24.3 Å². The Morgan fingerprint density at radius 2 is 1.96 bits per heavy atom. The first-order valence-electron chi connectivity index (χ1n) is 8.22. The number of aliphatic hydroxyl groups excluding tert-OH is 1. The van der Waals surface area contributed by atoms with Crippen molar-refractivity contribution in [1.29, 1.82) is 0 Å². The van der Waals surface area contributed by atoms with E-state index in [0.717, 1.165) is 23.1 Å². The normalized spacial score (nSPS) is 20.7. The molecule has 122 valence electrons. The summed E-state index contributed by atoms with van der Waals surface area (Å²) in [6.45, 7) is 2.18. The van der Waals surface area contributed by atoms with Gasteiger partial charge in [-0.15, -0.1) is 0 Å². The molecule has 2 aromatic carbocycles. The van der Waals surface area contributed by atoms with Gasteiger partial charge in [0.15, 0.2) is 0 Å². The van der Waals surface area contributed by atoms with Gasteiger partial charge in [-0.3, -0.25) is 0 Å². The molecule has 0 heterocycles. The number of aliphatic hydroxyl groups is 1. The fraction of sp³-hybridized carbons (Fsp3) is 0.400. The molecule has 1 fully saturated rings. The molecule has 2 atom stereocenters. The molecule has 0 amide bonds. The standard InChI is InChI=1S/C20H23FO2/c1-13-6-5-8-15(13)17-10-14(12-22)20(23-2)11-18(17)16-7-3-4-9-19(16)21/h3-4,7,9-11,13,15,22H,5-6,8,12H2,1-2H3. The molecule has 3 heteroatoms. The van der Waals surface area contributed by atoms with Crippen LogP contribution in [0.25, 0.3) is 11.1 Å². The molecular formula is C20H23FO2. The summed E-state index contributed by atoms with van der Waals surface area (Å²) in [5.41, 5.74) is 3.38. The smallest absolute Gasteiger partial charge is 0.131 e. The van der Waals surface area contributed by atoms with Gasteiger partial charge in [-0.25, -0.2) is 4.39 Å². The highest BCUT2D eigenvalue weighted by molar-refractivity contribution is 5.71. The van der Waals surface area contributed by atoms with Crippen LogP contribution >= 0.6 is 0 Å². The van der Waals surface area contributed by atoms with Gasteiger partial charge in [-0.1, -0.05) is 38.0 Å². The molecule has 0 spiro atoms. The highest BCUT2D eigenvalue weighted by atomic mass is 19.1. The molecule has 1 aliphatic rings. The van der Waals surface area contributed by atoms with E-state index in [1.165, 1.54) is 18.9 Å². The average molecular weight is 314 g/mol. The van der Waals surface area contributed by atoms with Crippen LogP contribution in [0.15, 0.2) is 36.4 Å². The van der Waals surface area contributed by atoms with Crippen LogP contribution in [0.1, 0.15) is 43.2 Å². The third-order valence-corrected chi connectivity index (χ3v) is 5.05. The zero-order chi connectivity index (χ0) is 16.4. The van der Waals surface area contributed by atoms with E-state index < -0.39 is 0 Å². The van der Waals surface area contributed by atoms with Crippen molar-refractivity contribution in [3.8, 4) is 16.9 Å². The minimum atomic E-state index is -0.224. The Balaban J connectivity index is 2.21. The van der Waals surface area contributed by atoms with Crippen molar-refractivity contribution < 1.29 is 14.2 Å². The van der Waals surface area contributed by atoms with Gasteiger partial charge < -0.3 is 9.84 Å². The number of ether oxygens (including phenoxy) is 1. The van der Waals surface area contributed by atoms with Gasteiger partial charge in [-0.05, 0) is 47.6 Å². The molecule has 0 aromatic heterocycles. The zero-order valence-electron chi connectivity index (χ0n) is 13.7.